The van der Waals surface area contributed by atoms with E-state index in [1.165, 1.54) is 11.1 Å². The fourth-order valence-electron chi connectivity index (χ4n) is 4.41. The molecule has 2 fully saturated rings. The molecule has 0 bridgehead atoms. The third-order valence-electron chi connectivity index (χ3n) is 5.91. The van der Waals surface area contributed by atoms with Crippen LogP contribution in [-0.2, 0) is 4.79 Å². The molecule has 0 atom stereocenters. The van der Waals surface area contributed by atoms with E-state index in [0.29, 0.717) is 5.91 Å². The summed E-state index contributed by atoms with van der Waals surface area (Å²) in [6.45, 7) is 5.45. The van der Waals surface area contributed by atoms with Crippen LogP contribution in [0.25, 0.3) is 0 Å². The van der Waals surface area contributed by atoms with E-state index in [2.05, 4.69) is 75.8 Å². The van der Waals surface area contributed by atoms with Crippen LogP contribution in [-0.4, -0.2) is 55.0 Å². The molecule has 2 saturated heterocycles. The molecule has 150 valence electrons. The fourth-order valence-corrected chi connectivity index (χ4v) is 4.41. The second-order valence-corrected chi connectivity index (χ2v) is 7.61. The van der Waals surface area contributed by atoms with Gasteiger partial charge in [0.2, 0.25) is 5.91 Å². The Balaban J connectivity index is 0.00000225. The number of piperidine rings is 1. The normalized spacial score (nSPS) is 18.7. The molecular formula is C23H30ClN3O. The molecule has 2 heterocycles. The van der Waals surface area contributed by atoms with Crippen molar-refractivity contribution in [2.45, 2.75) is 18.9 Å². The Hall–Kier alpha value is -1.88. The smallest absolute Gasteiger partial charge is 0.225 e. The minimum atomic E-state index is 0. The summed E-state index contributed by atoms with van der Waals surface area (Å²) in [7, 11) is 0. The van der Waals surface area contributed by atoms with Gasteiger partial charge in [-0.3, -0.25) is 9.69 Å². The first-order valence-electron chi connectivity index (χ1n) is 10.2. The highest BCUT2D eigenvalue weighted by Gasteiger charge is 2.31. The van der Waals surface area contributed by atoms with Gasteiger partial charge >= 0.3 is 0 Å². The summed E-state index contributed by atoms with van der Waals surface area (Å²) in [5.74, 6) is 0.587. The van der Waals surface area contributed by atoms with Crippen molar-refractivity contribution in [3.05, 3.63) is 71.8 Å². The fraction of sp³-hybridized carbons (Fsp3) is 0.435. The van der Waals surface area contributed by atoms with E-state index in [9.17, 15) is 4.79 Å². The molecule has 1 N–H and O–H groups in total. The van der Waals surface area contributed by atoms with Gasteiger partial charge in [-0.15, -0.1) is 12.4 Å². The number of piperazine rings is 1. The highest BCUT2D eigenvalue weighted by atomic mass is 35.5. The zero-order chi connectivity index (χ0) is 18.5. The second-order valence-electron chi connectivity index (χ2n) is 7.61. The first kappa shape index (κ1) is 20.8. The third-order valence-corrected chi connectivity index (χ3v) is 5.91. The Labute approximate surface area is 174 Å². The first-order valence-corrected chi connectivity index (χ1v) is 10.2. The lowest BCUT2D eigenvalue weighted by Crippen LogP contribution is -2.52. The molecular weight excluding hydrogens is 370 g/mol. The predicted octanol–water partition coefficient (Wildman–Crippen LogP) is 3.34. The molecule has 0 spiro atoms. The van der Waals surface area contributed by atoms with E-state index >= 15 is 0 Å². The molecule has 1 amide bonds. The van der Waals surface area contributed by atoms with Crippen molar-refractivity contribution < 1.29 is 4.79 Å². The first-order chi connectivity index (χ1) is 13.3. The third kappa shape index (κ3) is 4.75. The number of benzene rings is 2. The standard InChI is InChI=1S/C23H29N3O.ClH/c27-23(21-11-13-24-14-12-21)26-17-15-25(16-18-26)22(19-7-3-1-4-8-19)20-9-5-2-6-10-20;/h1-10,21-22,24H,11-18H2;1H. The van der Waals surface area contributed by atoms with E-state index in [1.54, 1.807) is 0 Å². The molecule has 2 aromatic carbocycles. The van der Waals surface area contributed by atoms with Crippen LogP contribution in [0.2, 0.25) is 0 Å². The second kappa shape index (κ2) is 10.1. The van der Waals surface area contributed by atoms with Gasteiger partial charge in [0.15, 0.2) is 0 Å². The van der Waals surface area contributed by atoms with E-state index in [1.807, 2.05) is 0 Å². The van der Waals surface area contributed by atoms with Crippen LogP contribution in [0.15, 0.2) is 60.7 Å². The summed E-state index contributed by atoms with van der Waals surface area (Å²) in [6.07, 6.45) is 1.96. The Morgan fingerprint density at radius 3 is 1.82 bits per heavy atom. The maximum atomic E-state index is 12.8. The van der Waals surface area contributed by atoms with E-state index in [-0.39, 0.29) is 24.4 Å². The van der Waals surface area contributed by atoms with Crippen LogP contribution in [0.3, 0.4) is 0 Å². The van der Waals surface area contributed by atoms with Gasteiger partial charge in [0.25, 0.3) is 0 Å². The van der Waals surface area contributed by atoms with Crippen molar-refractivity contribution in [3.63, 3.8) is 0 Å². The SMILES string of the molecule is Cl.O=C(C1CCNCC1)N1CCN(C(c2ccccc2)c2ccccc2)CC1. The summed E-state index contributed by atoms with van der Waals surface area (Å²) >= 11 is 0. The molecule has 28 heavy (non-hydrogen) atoms. The summed E-state index contributed by atoms with van der Waals surface area (Å²) in [5.41, 5.74) is 2.64. The average molecular weight is 400 g/mol. The zero-order valence-corrected chi connectivity index (χ0v) is 17.1. The molecule has 5 heteroatoms. The molecule has 4 nitrogen and oxygen atoms in total. The summed E-state index contributed by atoms with van der Waals surface area (Å²) in [4.78, 5) is 17.5. The maximum absolute atomic E-state index is 12.8. The van der Waals surface area contributed by atoms with Crippen molar-refractivity contribution in [1.29, 1.82) is 0 Å². The highest BCUT2D eigenvalue weighted by Crippen LogP contribution is 2.29. The number of carbonyl (C=O) groups excluding carboxylic acids is 1. The monoisotopic (exact) mass is 399 g/mol. The van der Waals surface area contributed by atoms with Gasteiger partial charge in [0, 0.05) is 32.1 Å². The van der Waals surface area contributed by atoms with Gasteiger partial charge in [0.1, 0.15) is 0 Å². The van der Waals surface area contributed by atoms with Gasteiger partial charge < -0.3 is 10.2 Å². The molecule has 2 aliphatic heterocycles. The molecule has 2 aromatic rings. The number of halogens is 1. The number of nitrogens with zero attached hydrogens (tertiary/aromatic N) is 2. The molecule has 0 aliphatic carbocycles. The van der Waals surface area contributed by atoms with Crippen molar-refractivity contribution in [3.8, 4) is 0 Å². The minimum absolute atomic E-state index is 0. The number of carbonyl (C=O) groups is 1. The number of nitrogens with one attached hydrogen (secondary N) is 1. The van der Waals surface area contributed by atoms with Crippen LogP contribution in [0.4, 0.5) is 0 Å². The van der Waals surface area contributed by atoms with E-state index in [4.69, 9.17) is 0 Å². The molecule has 0 saturated carbocycles. The van der Waals surface area contributed by atoms with E-state index in [0.717, 1.165) is 52.1 Å². The number of hydrogen-bond donors (Lipinski definition) is 1. The Kier molecular flexibility index (Phi) is 7.49. The largest absolute Gasteiger partial charge is 0.340 e. The molecule has 4 rings (SSSR count). The van der Waals surface area contributed by atoms with Crippen LogP contribution in [0.5, 0.6) is 0 Å². The van der Waals surface area contributed by atoms with Gasteiger partial charge in [-0.1, -0.05) is 60.7 Å². The lowest BCUT2D eigenvalue weighted by Gasteiger charge is -2.41. The molecule has 0 aromatic heterocycles. The van der Waals surface area contributed by atoms with Crippen molar-refractivity contribution in [2.75, 3.05) is 39.3 Å². The predicted molar refractivity (Wildman–Crippen MR) is 116 cm³/mol. The Morgan fingerprint density at radius 1 is 0.821 bits per heavy atom. The van der Waals surface area contributed by atoms with Crippen molar-refractivity contribution in [2.24, 2.45) is 5.92 Å². The molecule has 2 aliphatic rings. The number of rotatable bonds is 4. The van der Waals surface area contributed by atoms with Crippen molar-refractivity contribution >= 4 is 18.3 Å². The summed E-state index contributed by atoms with van der Waals surface area (Å²) < 4.78 is 0. The quantitative estimate of drug-likeness (QED) is 0.856. The maximum Gasteiger partial charge on any atom is 0.225 e. The van der Waals surface area contributed by atoms with E-state index < -0.39 is 0 Å². The topological polar surface area (TPSA) is 35.6 Å². The summed E-state index contributed by atoms with van der Waals surface area (Å²) in [6, 6.07) is 21.7. The number of hydrogen-bond acceptors (Lipinski definition) is 3. The van der Waals surface area contributed by atoms with Gasteiger partial charge in [0.05, 0.1) is 6.04 Å². The number of amides is 1. The molecule has 0 radical (unpaired) electrons. The zero-order valence-electron chi connectivity index (χ0n) is 16.3. The molecule has 0 unspecified atom stereocenters. The lowest BCUT2D eigenvalue weighted by atomic mass is 9.95. The van der Waals surface area contributed by atoms with Gasteiger partial charge in [-0.05, 0) is 37.1 Å². The highest BCUT2D eigenvalue weighted by molar-refractivity contribution is 5.85. The lowest BCUT2D eigenvalue weighted by molar-refractivity contribution is -0.138. The van der Waals surface area contributed by atoms with Crippen molar-refractivity contribution in [1.82, 2.24) is 15.1 Å². The van der Waals surface area contributed by atoms with Gasteiger partial charge in [-0.2, -0.15) is 0 Å². The Morgan fingerprint density at radius 2 is 1.32 bits per heavy atom. The minimum Gasteiger partial charge on any atom is -0.340 e. The van der Waals surface area contributed by atoms with Crippen LogP contribution >= 0.6 is 12.4 Å². The Bertz CT molecular complexity index is 687. The average Bonchev–Trinajstić information content (AvgIpc) is 2.76. The summed E-state index contributed by atoms with van der Waals surface area (Å²) in [5, 5.41) is 3.35. The van der Waals surface area contributed by atoms with Crippen LogP contribution < -0.4 is 5.32 Å². The van der Waals surface area contributed by atoms with Crippen LogP contribution in [0, 0.1) is 5.92 Å². The van der Waals surface area contributed by atoms with Crippen LogP contribution in [0.1, 0.15) is 30.0 Å². The van der Waals surface area contributed by atoms with Gasteiger partial charge in [-0.25, -0.2) is 0 Å².